The van der Waals surface area contributed by atoms with Crippen molar-refractivity contribution in [2.45, 2.75) is 101 Å². The highest BCUT2D eigenvalue weighted by Gasteiger charge is 2.43. The average molecular weight is 506 g/mol. The number of rotatable bonds is 5. The van der Waals surface area contributed by atoms with Gasteiger partial charge in [-0.15, -0.1) is 0 Å². The summed E-state index contributed by atoms with van der Waals surface area (Å²) >= 11 is 5.48. The minimum absolute atomic E-state index is 0.0295. The molecule has 0 bridgehead atoms. The molecule has 1 aliphatic rings. The van der Waals surface area contributed by atoms with Crippen LogP contribution < -0.4 is 0 Å². The molecular formula is C30H48ClNO3. The van der Waals surface area contributed by atoms with E-state index in [9.17, 15) is 14.4 Å². The van der Waals surface area contributed by atoms with E-state index in [1.165, 1.54) is 6.92 Å². The van der Waals surface area contributed by atoms with Crippen molar-refractivity contribution in [2.24, 2.45) is 16.3 Å². The second-order valence-electron chi connectivity index (χ2n) is 10.2. The van der Waals surface area contributed by atoms with Crippen LogP contribution in [0.15, 0.2) is 28.2 Å². The molecule has 0 aliphatic heterocycles. The first-order valence-corrected chi connectivity index (χ1v) is 12.9. The van der Waals surface area contributed by atoms with E-state index in [1.54, 1.807) is 19.3 Å². The van der Waals surface area contributed by atoms with E-state index in [4.69, 9.17) is 11.6 Å². The Hall–Kier alpha value is -2.07. The molecule has 1 aromatic rings. The fourth-order valence-electron chi connectivity index (χ4n) is 3.65. The molecule has 0 saturated heterocycles. The predicted molar refractivity (Wildman–Crippen MR) is 152 cm³/mol. The van der Waals surface area contributed by atoms with Crippen LogP contribution in [0.5, 0.6) is 0 Å². The van der Waals surface area contributed by atoms with Crippen molar-refractivity contribution in [1.29, 1.82) is 0 Å². The highest BCUT2D eigenvalue weighted by atomic mass is 35.5. The summed E-state index contributed by atoms with van der Waals surface area (Å²) in [6, 6.07) is 4.08. The van der Waals surface area contributed by atoms with E-state index < -0.39 is 11.8 Å². The Morgan fingerprint density at radius 2 is 1.66 bits per heavy atom. The zero-order valence-corrected chi connectivity index (χ0v) is 24.9. The standard InChI is InChI=1S/C18H22O3.C5H8ClN.C5H12.C2H6/c1-5-13-7-10(2)6-11(3)16(13)17-15(20)9-14(18(17)21)8-12(4)19;1-3-5(6)4-7-2;1-5(2,3)4;1-2/h6-7,14,17H,5,8-9H2,1-4H3;3-4H,1-2H3;1-4H3;1-2H3/b;5-3+,7-4?;;. The molecule has 4 nitrogen and oxygen atoms in total. The van der Waals surface area contributed by atoms with Gasteiger partial charge in [0.15, 0.2) is 5.78 Å². The summed E-state index contributed by atoms with van der Waals surface area (Å²) in [6.07, 6.45) is 4.58. The minimum atomic E-state index is -0.662. The molecule has 1 aliphatic carbocycles. The fourth-order valence-corrected chi connectivity index (χ4v) is 3.75. The third-order valence-corrected chi connectivity index (χ3v) is 5.12. The van der Waals surface area contributed by atoms with Crippen LogP contribution in [0, 0.1) is 25.2 Å². The van der Waals surface area contributed by atoms with Crippen molar-refractivity contribution in [3.05, 3.63) is 45.5 Å². The SMILES string of the molecule is C/C=C(/Cl)C=NC.CC.CC(C)(C)C.CCc1cc(C)cc(C)c1C1C(=O)CC(CC(C)=O)C1=O. The normalized spacial score (nSPS) is 17.7. The summed E-state index contributed by atoms with van der Waals surface area (Å²) < 4.78 is 0. The van der Waals surface area contributed by atoms with Gasteiger partial charge in [0.25, 0.3) is 0 Å². The van der Waals surface area contributed by atoms with Crippen LogP contribution in [-0.2, 0) is 20.8 Å². The number of Topliss-reactive ketones (excluding diaryl/α,β-unsaturated/α-hetero) is 3. The minimum Gasteiger partial charge on any atom is -0.300 e. The highest BCUT2D eigenvalue weighted by molar-refractivity contribution is 6.39. The summed E-state index contributed by atoms with van der Waals surface area (Å²) in [6.45, 7) is 22.1. The van der Waals surface area contributed by atoms with Crippen molar-refractivity contribution < 1.29 is 14.4 Å². The Morgan fingerprint density at radius 3 is 2.03 bits per heavy atom. The van der Waals surface area contributed by atoms with Crippen LogP contribution in [0.3, 0.4) is 0 Å². The summed E-state index contributed by atoms with van der Waals surface area (Å²) in [5.74, 6) is -1.22. The van der Waals surface area contributed by atoms with Gasteiger partial charge in [0, 0.05) is 32.0 Å². The third-order valence-electron chi connectivity index (χ3n) is 4.80. The number of benzene rings is 1. The molecular weight excluding hydrogens is 458 g/mol. The van der Waals surface area contributed by atoms with Gasteiger partial charge in [0.1, 0.15) is 17.5 Å². The van der Waals surface area contributed by atoms with Gasteiger partial charge >= 0.3 is 0 Å². The maximum absolute atomic E-state index is 12.6. The molecule has 1 aromatic carbocycles. The smallest absolute Gasteiger partial charge is 0.151 e. The Bertz CT molecular complexity index is 886. The lowest BCUT2D eigenvalue weighted by molar-refractivity contribution is -0.127. The molecule has 198 valence electrons. The van der Waals surface area contributed by atoms with Crippen LogP contribution >= 0.6 is 11.6 Å². The van der Waals surface area contributed by atoms with Gasteiger partial charge in [0.2, 0.25) is 0 Å². The second-order valence-corrected chi connectivity index (χ2v) is 10.6. The maximum atomic E-state index is 12.6. The Kier molecular flexibility index (Phi) is 17.4. The summed E-state index contributed by atoms with van der Waals surface area (Å²) in [5.41, 5.74) is 4.60. The van der Waals surface area contributed by atoms with Gasteiger partial charge in [0.05, 0.1) is 5.03 Å². The number of ketones is 3. The zero-order chi connectivity index (χ0) is 27.9. The van der Waals surface area contributed by atoms with E-state index in [1.807, 2.05) is 47.6 Å². The molecule has 2 unspecified atom stereocenters. The van der Waals surface area contributed by atoms with E-state index >= 15 is 0 Å². The van der Waals surface area contributed by atoms with E-state index in [0.29, 0.717) is 10.4 Å². The summed E-state index contributed by atoms with van der Waals surface area (Å²) in [5, 5.41) is 0.683. The lowest BCUT2D eigenvalue weighted by Crippen LogP contribution is -2.19. The quantitative estimate of drug-likeness (QED) is 0.300. The van der Waals surface area contributed by atoms with Crippen LogP contribution in [0.2, 0.25) is 0 Å². The molecule has 0 N–H and O–H groups in total. The van der Waals surface area contributed by atoms with Gasteiger partial charge in [-0.2, -0.15) is 0 Å². The molecule has 2 atom stereocenters. The highest BCUT2D eigenvalue weighted by Crippen LogP contribution is 2.37. The Labute approximate surface area is 219 Å². The number of aliphatic imine (C=N–C) groups is 1. The van der Waals surface area contributed by atoms with Crippen molar-refractivity contribution in [2.75, 3.05) is 7.05 Å². The van der Waals surface area contributed by atoms with Gasteiger partial charge in [-0.3, -0.25) is 14.6 Å². The molecule has 2 rings (SSSR count). The number of nitrogens with zero attached hydrogens (tertiary/aromatic N) is 1. The largest absolute Gasteiger partial charge is 0.300 e. The predicted octanol–water partition coefficient (Wildman–Crippen LogP) is 7.99. The number of carbonyl (C=O) groups is 3. The van der Waals surface area contributed by atoms with Gasteiger partial charge in [-0.1, -0.05) is 83.8 Å². The molecule has 0 radical (unpaired) electrons. The first-order chi connectivity index (χ1) is 16.2. The van der Waals surface area contributed by atoms with Crippen molar-refractivity contribution in [3.63, 3.8) is 0 Å². The fraction of sp³-hybridized carbons (Fsp3) is 0.600. The number of carbonyl (C=O) groups excluding carboxylic acids is 3. The van der Waals surface area contributed by atoms with E-state index in [0.717, 1.165) is 28.7 Å². The van der Waals surface area contributed by atoms with E-state index in [-0.39, 0.29) is 30.2 Å². The van der Waals surface area contributed by atoms with Crippen LogP contribution in [0.1, 0.15) is 103 Å². The molecule has 0 spiro atoms. The molecule has 0 aromatic heterocycles. The number of hydrogen-bond donors (Lipinski definition) is 0. The van der Waals surface area contributed by atoms with Crippen molar-refractivity contribution in [1.82, 2.24) is 0 Å². The van der Waals surface area contributed by atoms with Crippen molar-refractivity contribution in [3.8, 4) is 0 Å². The molecule has 0 amide bonds. The summed E-state index contributed by atoms with van der Waals surface area (Å²) in [7, 11) is 1.69. The van der Waals surface area contributed by atoms with Crippen LogP contribution in [-0.4, -0.2) is 30.6 Å². The first-order valence-electron chi connectivity index (χ1n) is 12.6. The molecule has 1 saturated carbocycles. The lowest BCUT2D eigenvalue weighted by atomic mass is 9.85. The van der Waals surface area contributed by atoms with E-state index in [2.05, 4.69) is 38.8 Å². The Morgan fingerprint density at radius 1 is 1.14 bits per heavy atom. The molecule has 1 fully saturated rings. The number of allylic oxidation sites excluding steroid dienone is 2. The topological polar surface area (TPSA) is 63.6 Å². The molecule has 5 heteroatoms. The average Bonchev–Trinajstić information content (AvgIpc) is 3.00. The number of halogens is 1. The van der Waals surface area contributed by atoms with Crippen LogP contribution in [0.25, 0.3) is 0 Å². The lowest BCUT2D eigenvalue weighted by Gasteiger charge is -2.17. The summed E-state index contributed by atoms with van der Waals surface area (Å²) in [4.78, 5) is 39.9. The van der Waals surface area contributed by atoms with Gasteiger partial charge < -0.3 is 4.79 Å². The molecule has 35 heavy (non-hydrogen) atoms. The first kappa shape index (κ1) is 35.1. The second kappa shape index (κ2) is 17.4. The Balaban J connectivity index is 0. The number of hydrogen-bond acceptors (Lipinski definition) is 4. The monoisotopic (exact) mass is 505 g/mol. The maximum Gasteiger partial charge on any atom is 0.151 e. The van der Waals surface area contributed by atoms with Gasteiger partial charge in [-0.05, 0) is 56.2 Å². The number of aryl methyl sites for hydroxylation is 3. The van der Waals surface area contributed by atoms with Crippen LogP contribution in [0.4, 0.5) is 0 Å². The van der Waals surface area contributed by atoms with Gasteiger partial charge in [-0.25, -0.2) is 0 Å². The van der Waals surface area contributed by atoms with Crippen molar-refractivity contribution >= 4 is 35.2 Å². The molecule has 0 heterocycles. The zero-order valence-electron chi connectivity index (χ0n) is 24.1. The third kappa shape index (κ3) is 14.2.